The number of hydrogen-bond donors (Lipinski definition) is 0. The Balaban J connectivity index is 2.20. The normalized spacial score (nSPS) is 34.1. The van der Waals surface area contributed by atoms with Gasteiger partial charge in [-0.15, -0.1) is 0 Å². The molecule has 23 heavy (non-hydrogen) atoms. The van der Waals surface area contributed by atoms with E-state index < -0.39 is 29.1 Å². The molecule has 5 nitrogen and oxygen atoms in total. The van der Waals surface area contributed by atoms with E-state index in [1.165, 1.54) is 13.8 Å². The molecule has 0 aromatic heterocycles. The van der Waals surface area contributed by atoms with Crippen LogP contribution in [0.3, 0.4) is 0 Å². The van der Waals surface area contributed by atoms with Gasteiger partial charge in [-0.25, -0.2) is 0 Å². The van der Waals surface area contributed by atoms with E-state index in [-0.39, 0.29) is 11.7 Å². The minimum atomic E-state index is -0.954. The molecule has 3 aliphatic rings. The number of Topliss-reactive ketones (excluding diaryl/α,β-unsaturated/α-hetero) is 1. The van der Waals surface area contributed by atoms with Crippen molar-refractivity contribution in [2.75, 3.05) is 0 Å². The van der Waals surface area contributed by atoms with Crippen LogP contribution in [0.2, 0.25) is 0 Å². The first-order valence-electron chi connectivity index (χ1n) is 7.95. The van der Waals surface area contributed by atoms with Gasteiger partial charge >= 0.3 is 11.9 Å². The number of esters is 2. The Labute approximate surface area is 135 Å². The summed E-state index contributed by atoms with van der Waals surface area (Å²) in [5.74, 6) is -1.17. The molecule has 0 aliphatic heterocycles. The fourth-order valence-electron chi connectivity index (χ4n) is 4.51. The van der Waals surface area contributed by atoms with Gasteiger partial charge in [-0.1, -0.05) is 11.6 Å². The molecule has 1 spiro atoms. The maximum Gasteiger partial charge on any atom is 0.303 e. The van der Waals surface area contributed by atoms with Crippen LogP contribution in [0.25, 0.3) is 0 Å². The minimum absolute atomic E-state index is 0.0146. The van der Waals surface area contributed by atoms with E-state index in [0.29, 0.717) is 5.57 Å². The van der Waals surface area contributed by atoms with Crippen molar-refractivity contribution in [3.63, 3.8) is 0 Å². The van der Waals surface area contributed by atoms with Gasteiger partial charge in [0.2, 0.25) is 0 Å². The van der Waals surface area contributed by atoms with Crippen LogP contribution < -0.4 is 0 Å². The molecule has 0 amide bonds. The van der Waals surface area contributed by atoms with Gasteiger partial charge < -0.3 is 9.47 Å². The van der Waals surface area contributed by atoms with E-state index in [2.05, 4.69) is 0 Å². The van der Waals surface area contributed by atoms with Crippen LogP contribution in [0.1, 0.15) is 47.5 Å². The molecule has 0 unspecified atom stereocenters. The standard InChI is InChI=1S/C18H22O5/c1-9-8-13-14(15(9)21)10(2)18(6-7-18)17(5,23-12(4)20)16(13)22-11(3)19/h8,13,16H,6-7H2,1-5H3/t13-,16-,17+/m1/s1. The summed E-state index contributed by atoms with van der Waals surface area (Å²) in [5.41, 5.74) is 0.996. The Hall–Kier alpha value is -1.91. The second-order valence-corrected chi connectivity index (χ2v) is 7.06. The third-order valence-corrected chi connectivity index (χ3v) is 5.71. The van der Waals surface area contributed by atoms with Gasteiger partial charge in [-0.3, -0.25) is 14.4 Å². The predicted octanol–water partition coefficient (Wildman–Crippen LogP) is 2.50. The zero-order chi connectivity index (χ0) is 17.2. The molecular weight excluding hydrogens is 296 g/mol. The van der Waals surface area contributed by atoms with E-state index in [1.54, 1.807) is 6.92 Å². The number of rotatable bonds is 2. The van der Waals surface area contributed by atoms with Crippen molar-refractivity contribution in [1.82, 2.24) is 0 Å². The van der Waals surface area contributed by atoms with Crippen molar-refractivity contribution < 1.29 is 23.9 Å². The van der Waals surface area contributed by atoms with E-state index in [0.717, 1.165) is 24.0 Å². The lowest BCUT2D eigenvalue weighted by Crippen LogP contribution is -2.58. The zero-order valence-electron chi connectivity index (χ0n) is 14.2. The Kier molecular flexibility index (Phi) is 3.33. The third kappa shape index (κ3) is 2.02. The summed E-state index contributed by atoms with van der Waals surface area (Å²) < 4.78 is 11.3. The SMILES string of the molecule is CC(=O)O[C@@H]1[C@@H]2C=C(C)C(=O)C2=C(C)C2(CC2)[C@@]1(C)OC(C)=O. The Morgan fingerprint density at radius 2 is 1.78 bits per heavy atom. The Morgan fingerprint density at radius 1 is 1.17 bits per heavy atom. The summed E-state index contributed by atoms with van der Waals surface area (Å²) in [6.07, 6.45) is 2.81. The molecule has 0 N–H and O–H groups in total. The molecule has 0 heterocycles. The lowest BCUT2D eigenvalue weighted by Gasteiger charge is -2.49. The molecule has 1 fully saturated rings. The first-order chi connectivity index (χ1) is 10.6. The average Bonchev–Trinajstić information content (AvgIpc) is 3.18. The van der Waals surface area contributed by atoms with Crippen molar-refractivity contribution in [2.24, 2.45) is 11.3 Å². The monoisotopic (exact) mass is 318 g/mol. The number of carbonyl (C=O) groups is 3. The lowest BCUT2D eigenvalue weighted by atomic mass is 9.64. The highest BCUT2D eigenvalue weighted by atomic mass is 16.6. The van der Waals surface area contributed by atoms with Crippen LogP contribution >= 0.6 is 0 Å². The maximum atomic E-state index is 12.6. The average molecular weight is 318 g/mol. The van der Waals surface area contributed by atoms with Gasteiger partial charge in [-0.2, -0.15) is 0 Å². The highest BCUT2D eigenvalue weighted by Crippen LogP contribution is 2.67. The molecule has 3 rings (SSSR count). The highest BCUT2D eigenvalue weighted by Gasteiger charge is 2.70. The minimum Gasteiger partial charge on any atom is -0.457 e. The largest absolute Gasteiger partial charge is 0.457 e. The highest BCUT2D eigenvalue weighted by molar-refractivity contribution is 6.12. The topological polar surface area (TPSA) is 69.7 Å². The lowest BCUT2D eigenvalue weighted by molar-refractivity contribution is -0.198. The fourth-order valence-corrected chi connectivity index (χ4v) is 4.51. The second kappa shape index (κ2) is 4.79. The van der Waals surface area contributed by atoms with E-state index in [9.17, 15) is 14.4 Å². The summed E-state index contributed by atoms with van der Waals surface area (Å²) in [5, 5.41) is 0. The van der Waals surface area contributed by atoms with E-state index in [1.807, 2.05) is 19.9 Å². The van der Waals surface area contributed by atoms with E-state index >= 15 is 0 Å². The molecule has 0 saturated heterocycles. The number of carbonyl (C=O) groups excluding carboxylic acids is 3. The summed E-state index contributed by atoms with van der Waals surface area (Å²) in [7, 11) is 0. The smallest absolute Gasteiger partial charge is 0.303 e. The van der Waals surface area contributed by atoms with Gasteiger partial charge in [0.1, 0.15) is 0 Å². The predicted molar refractivity (Wildman–Crippen MR) is 82.3 cm³/mol. The maximum absolute atomic E-state index is 12.6. The van der Waals surface area contributed by atoms with Crippen molar-refractivity contribution >= 4 is 17.7 Å². The first-order valence-corrected chi connectivity index (χ1v) is 7.95. The molecule has 3 aliphatic carbocycles. The number of fused-ring (bicyclic) bond motifs is 1. The van der Waals surface area contributed by atoms with Gasteiger partial charge in [-0.05, 0) is 39.2 Å². The summed E-state index contributed by atoms with van der Waals surface area (Å²) in [4.78, 5) is 36.0. The molecule has 0 radical (unpaired) electrons. The molecule has 0 aromatic carbocycles. The van der Waals surface area contributed by atoms with E-state index in [4.69, 9.17) is 9.47 Å². The molecule has 0 bridgehead atoms. The summed E-state index contributed by atoms with van der Waals surface area (Å²) in [6.45, 7) is 8.26. The number of ketones is 1. The third-order valence-electron chi connectivity index (χ3n) is 5.71. The molecule has 0 aromatic rings. The van der Waals surface area contributed by atoms with Crippen LogP contribution in [0, 0.1) is 11.3 Å². The van der Waals surface area contributed by atoms with Crippen LogP contribution in [-0.4, -0.2) is 29.4 Å². The first kappa shape index (κ1) is 16.0. The van der Waals surface area contributed by atoms with Crippen LogP contribution in [-0.2, 0) is 23.9 Å². The number of hydrogen-bond acceptors (Lipinski definition) is 5. The van der Waals surface area contributed by atoms with Crippen LogP contribution in [0.5, 0.6) is 0 Å². The van der Waals surface area contributed by atoms with Gasteiger partial charge in [0, 0.05) is 30.8 Å². The quantitative estimate of drug-likeness (QED) is 0.732. The van der Waals surface area contributed by atoms with Crippen LogP contribution in [0.4, 0.5) is 0 Å². The number of ether oxygens (including phenoxy) is 2. The molecule has 3 atom stereocenters. The molecular formula is C18H22O5. The Bertz CT molecular complexity index is 680. The summed E-state index contributed by atoms with van der Waals surface area (Å²) in [6, 6.07) is 0. The van der Waals surface area contributed by atoms with Crippen molar-refractivity contribution in [3.05, 3.63) is 22.8 Å². The van der Waals surface area contributed by atoms with Crippen LogP contribution in [0.15, 0.2) is 22.8 Å². The number of allylic oxidation sites excluding steroid dienone is 1. The Morgan fingerprint density at radius 3 is 2.26 bits per heavy atom. The van der Waals surface area contributed by atoms with Crippen molar-refractivity contribution in [1.29, 1.82) is 0 Å². The molecule has 124 valence electrons. The second-order valence-electron chi connectivity index (χ2n) is 7.06. The zero-order valence-corrected chi connectivity index (χ0v) is 14.2. The van der Waals surface area contributed by atoms with Crippen molar-refractivity contribution in [2.45, 2.75) is 59.2 Å². The van der Waals surface area contributed by atoms with Gasteiger partial charge in [0.05, 0.1) is 0 Å². The fraction of sp³-hybridized carbons (Fsp3) is 0.611. The van der Waals surface area contributed by atoms with Crippen molar-refractivity contribution in [3.8, 4) is 0 Å². The van der Waals surface area contributed by atoms with Gasteiger partial charge in [0.25, 0.3) is 0 Å². The molecule has 1 saturated carbocycles. The molecule has 5 heteroatoms. The summed E-state index contributed by atoms with van der Waals surface area (Å²) >= 11 is 0. The van der Waals surface area contributed by atoms with Gasteiger partial charge in [0.15, 0.2) is 17.5 Å².